The van der Waals surface area contributed by atoms with Crippen molar-refractivity contribution < 1.29 is 4.74 Å². The molecule has 0 unspecified atom stereocenters. The average Bonchev–Trinajstić information content (AvgIpc) is 2.87. The van der Waals surface area contributed by atoms with Crippen molar-refractivity contribution in [1.29, 1.82) is 0 Å². The number of anilines is 2. The van der Waals surface area contributed by atoms with Gasteiger partial charge in [0.05, 0.1) is 12.8 Å². The number of benzene rings is 1. The van der Waals surface area contributed by atoms with Crippen LogP contribution in [-0.2, 0) is 0 Å². The summed E-state index contributed by atoms with van der Waals surface area (Å²) in [5.41, 5.74) is 1.45. The second-order valence-electron chi connectivity index (χ2n) is 4.04. The summed E-state index contributed by atoms with van der Waals surface area (Å²) in [5.74, 6) is 1.30. The number of methoxy groups -OCH3 is 1. The van der Waals surface area contributed by atoms with E-state index in [-0.39, 0.29) is 0 Å². The maximum atomic E-state index is 6.02. The van der Waals surface area contributed by atoms with Crippen molar-refractivity contribution >= 4 is 44.7 Å². The summed E-state index contributed by atoms with van der Waals surface area (Å²) >= 11 is 9.40. The first-order chi connectivity index (χ1) is 9.67. The van der Waals surface area contributed by atoms with Crippen molar-refractivity contribution in [2.45, 2.75) is 0 Å². The molecule has 0 radical (unpaired) electrons. The van der Waals surface area contributed by atoms with E-state index in [1.165, 1.54) is 0 Å². The van der Waals surface area contributed by atoms with E-state index in [0.29, 0.717) is 21.2 Å². The van der Waals surface area contributed by atoms with Crippen LogP contribution in [0.3, 0.4) is 0 Å². The summed E-state index contributed by atoms with van der Waals surface area (Å²) in [7, 11) is 1.61. The zero-order valence-corrected chi connectivity index (χ0v) is 12.8. The summed E-state index contributed by atoms with van der Waals surface area (Å²) in [6.45, 7) is 0. The van der Waals surface area contributed by atoms with Crippen molar-refractivity contribution in [3.8, 4) is 5.75 Å². The van der Waals surface area contributed by atoms with Gasteiger partial charge in [-0.25, -0.2) is 9.97 Å². The lowest BCUT2D eigenvalue weighted by Gasteiger charge is -2.11. The molecule has 0 atom stereocenters. The normalized spacial score (nSPS) is 10.8. The SMILES string of the molecule is COc1ccc(Cl)cc1Nc1nc(Br)cn2ccnc12. The first-order valence-corrected chi connectivity index (χ1v) is 6.94. The van der Waals surface area contributed by atoms with Crippen LogP contribution < -0.4 is 10.1 Å². The van der Waals surface area contributed by atoms with Crippen LogP contribution in [0.1, 0.15) is 0 Å². The van der Waals surface area contributed by atoms with E-state index in [1.54, 1.807) is 31.5 Å². The second kappa shape index (κ2) is 5.30. The summed E-state index contributed by atoms with van der Waals surface area (Å²) in [4.78, 5) is 8.67. The topological polar surface area (TPSA) is 51.5 Å². The second-order valence-corrected chi connectivity index (χ2v) is 5.29. The fraction of sp³-hybridized carbons (Fsp3) is 0.0769. The third-order valence-corrected chi connectivity index (χ3v) is 3.38. The number of nitrogens with zero attached hydrogens (tertiary/aromatic N) is 3. The minimum absolute atomic E-state index is 0.614. The number of halogens is 2. The largest absolute Gasteiger partial charge is 0.495 e. The van der Waals surface area contributed by atoms with Crippen LogP contribution in [0, 0.1) is 0 Å². The van der Waals surface area contributed by atoms with Gasteiger partial charge in [0, 0.05) is 23.6 Å². The van der Waals surface area contributed by atoms with Crippen LogP contribution in [0.5, 0.6) is 5.75 Å². The van der Waals surface area contributed by atoms with Gasteiger partial charge in [0.2, 0.25) is 0 Å². The van der Waals surface area contributed by atoms with Crippen LogP contribution in [-0.4, -0.2) is 21.5 Å². The minimum Gasteiger partial charge on any atom is -0.495 e. The van der Waals surface area contributed by atoms with Crippen molar-refractivity contribution in [2.24, 2.45) is 0 Å². The number of fused-ring (bicyclic) bond motifs is 1. The number of rotatable bonds is 3. The highest BCUT2D eigenvalue weighted by atomic mass is 79.9. The van der Waals surface area contributed by atoms with Gasteiger partial charge in [0.15, 0.2) is 11.5 Å². The van der Waals surface area contributed by atoms with Gasteiger partial charge in [-0.3, -0.25) is 0 Å². The molecule has 1 aromatic carbocycles. The molecular formula is C13H10BrClN4O. The molecule has 102 valence electrons. The van der Waals surface area contributed by atoms with E-state index in [9.17, 15) is 0 Å². The van der Waals surface area contributed by atoms with Crippen LogP contribution in [0.25, 0.3) is 5.65 Å². The number of hydrogen-bond acceptors (Lipinski definition) is 4. The van der Waals surface area contributed by atoms with Gasteiger partial charge < -0.3 is 14.5 Å². The molecule has 3 aromatic rings. The molecule has 5 nitrogen and oxygen atoms in total. The average molecular weight is 354 g/mol. The van der Waals surface area contributed by atoms with Crippen molar-refractivity contribution in [3.63, 3.8) is 0 Å². The molecule has 0 saturated carbocycles. The standard InChI is InChI=1S/C13H10BrClN4O/c1-20-10-3-2-8(15)6-9(10)17-12-13-16-4-5-19(13)7-11(14)18-12/h2-7H,1H3,(H,17,18). The Morgan fingerprint density at radius 3 is 3.05 bits per heavy atom. The lowest BCUT2D eigenvalue weighted by Crippen LogP contribution is -2.00. The molecule has 0 spiro atoms. The van der Waals surface area contributed by atoms with Crippen LogP contribution in [0.15, 0.2) is 41.4 Å². The van der Waals surface area contributed by atoms with E-state index in [0.717, 1.165) is 11.3 Å². The maximum Gasteiger partial charge on any atom is 0.180 e. The molecule has 0 fully saturated rings. The molecule has 2 heterocycles. The molecule has 20 heavy (non-hydrogen) atoms. The fourth-order valence-electron chi connectivity index (χ4n) is 1.89. The van der Waals surface area contributed by atoms with Crippen molar-refractivity contribution in [1.82, 2.24) is 14.4 Å². The summed E-state index contributed by atoms with van der Waals surface area (Å²) in [6, 6.07) is 5.35. The molecule has 0 bridgehead atoms. The molecule has 2 aromatic heterocycles. The Morgan fingerprint density at radius 2 is 2.25 bits per heavy atom. The summed E-state index contributed by atoms with van der Waals surface area (Å²) in [6.07, 6.45) is 5.40. The van der Waals surface area contributed by atoms with Crippen LogP contribution >= 0.6 is 27.5 Å². The van der Waals surface area contributed by atoms with Crippen molar-refractivity contribution in [3.05, 3.63) is 46.4 Å². The van der Waals surface area contributed by atoms with Gasteiger partial charge in [-0.1, -0.05) is 11.6 Å². The predicted molar refractivity (Wildman–Crippen MR) is 82.0 cm³/mol. The van der Waals surface area contributed by atoms with E-state index >= 15 is 0 Å². The van der Waals surface area contributed by atoms with Gasteiger partial charge in [0.25, 0.3) is 0 Å². The highest BCUT2D eigenvalue weighted by Crippen LogP contribution is 2.31. The first-order valence-electron chi connectivity index (χ1n) is 5.77. The Labute approximate surface area is 128 Å². The molecule has 0 aliphatic rings. The molecule has 0 aliphatic carbocycles. The molecular weight excluding hydrogens is 344 g/mol. The Balaban J connectivity index is 2.09. The molecule has 1 N–H and O–H groups in total. The lowest BCUT2D eigenvalue weighted by atomic mass is 10.3. The molecule has 0 saturated heterocycles. The third-order valence-electron chi connectivity index (χ3n) is 2.76. The summed E-state index contributed by atoms with van der Waals surface area (Å²) < 4.78 is 7.88. The quantitative estimate of drug-likeness (QED) is 0.776. The lowest BCUT2D eigenvalue weighted by molar-refractivity contribution is 0.417. The monoisotopic (exact) mass is 352 g/mol. The number of ether oxygens (including phenoxy) is 1. The zero-order valence-electron chi connectivity index (χ0n) is 10.5. The number of hydrogen-bond donors (Lipinski definition) is 1. The predicted octanol–water partition coefficient (Wildman–Crippen LogP) is 3.90. The van der Waals surface area contributed by atoms with Crippen molar-refractivity contribution in [2.75, 3.05) is 12.4 Å². The van der Waals surface area contributed by atoms with Crippen LogP contribution in [0.2, 0.25) is 5.02 Å². The minimum atomic E-state index is 0.614. The Bertz CT molecular complexity index is 774. The maximum absolute atomic E-state index is 6.02. The van der Waals surface area contributed by atoms with E-state index < -0.39 is 0 Å². The molecule has 0 aliphatic heterocycles. The Kier molecular flexibility index (Phi) is 3.50. The summed E-state index contributed by atoms with van der Waals surface area (Å²) in [5, 5.41) is 3.81. The Morgan fingerprint density at radius 1 is 1.40 bits per heavy atom. The van der Waals surface area contributed by atoms with E-state index in [4.69, 9.17) is 16.3 Å². The number of nitrogens with one attached hydrogen (secondary N) is 1. The van der Waals surface area contributed by atoms with E-state index in [1.807, 2.05) is 16.8 Å². The fourth-order valence-corrected chi connectivity index (χ4v) is 2.46. The van der Waals surface area contributed by atoms with Crippen LogP contribution in [0.4, 0.5) is 11.5 Å². The highest BCUT2D eigenvalue weighted by Gasteiger charge is 2.10. The first kappa shape index (κ1) is 13.2. The number of aromatic nitrogens is 3. The molecule has 0 amide bonds. The van der Waals surface area contributed by atoms with Gasteiger partial charge in [-0.05, 0) is 34.1 Å². The van der Waals surface area contributed by atoms with E-state index in [2.05, 4.69) is 31.2 Å². The Hall–Kier alpha value is -1.79. The number of imidazole rings is 1. The van der Waals surface area contributed by atoms with Gasteiger partial charge in [-0.2, -0.15) is 0 Å². The molecule has 7 heteroatoms. The van der Waals surface area contributed by atoms with Gasteiger partial charge >= 0.3 is 0 Å². The smallest absolute Gasteiger partial charge is 0.180 e. The highest BCUT2D eigenvalue weighted by molar-refractivity contribution is 9.10. The third kappa shape index (κ3) is 2.44. The van der Waals surface area contributed by atoms with Gasteiger partial charge in [0.1, 0.15) is 10.4 Å². The zero-order chi connectivity index (χ0) is 14.1. The molecule has 3 rings (SSSR count). The van der Waals surface area contributed by atoms with Gasteiger partial charge in [-0.15, -0.1) is 0 Å².